The van der Waals surface area contributed by atoms with Gasteiger partial charge in [-0.25, -0.2) is 18.9 Å². The highest BCUT2D eigenvalue weighted by Gasteiger charge is 2.29. The van der Waals surface area contributed by atoms with Gasteiger partial charge in [0, 0.05) is 0 Å². The normalized spacial score (nSPS) is 14.4. The van der Waals surface area contributed by atoms with Crippen molar-refractivity contribution in [3.8, 4) is 5.75 Å². The zero-order valence-corrected chi connectivity index (χ0v) is 21.2. The topological polar surface area (TPSA) is 236 Å². The molecule has 1 aromatic carbocycles. The third-order valence-corrected chi connectivity index (χ3v) is 5.51. The Hall–Kier alpha value is -3.62. The van der Waals surface area contributed by atoms with E-state index in [9.17, 15) is 19.0 Å². The Bertz CT molecular complexity index is 1150. The third kappa shape index (κ3) is 10.1. The van der Waals surface area contributed by atoms with Crippen molar-refractivity contribution in [2.24, 2.45) is 21.7 Å². The lowest BCUT2D eigenvalue weighted by Gasteiger charge is -2.18. The summed E-state index contributed by atoms with van der Waals surface area (Å²) in [7, 11) is -3.67. The number of phosphoric ester groups is 1. The summed E-state index contributed by atoms with van der Waals surface area (Å²) in [6.45, 7) is 1.73. The molecule has 0 aliphatic rings. The maximum atomic E-state index is 12.3. The maximum Gasteiger partial charge on any atom is 0.530 e. The number of rotatable bonds is 13. The van der Waals surface area contributed by atoms with E-state index in [2.05, 4.69) is 30.0 Å². The van der Waals surface area contributed by atoms with Crippen LogP contribution in [0.1, 0.15) is 26.2 Å². The summed E-state index contributed by atoms with van der Waals surface area (Å²) in [6, 6.07) is 8.14. The number of azo groups is 1. The summed E-state index contributed by atoms with van der Waals surface area (Å²) in [4.78, 5) is 37.4. The van der Waals surface area contributed by atoms with E-state index in [-0.39, 0.29) is 28.8 Å². The van der Waals surface area contributed by atoms with Gasteiger partial charge in [0.05, 0.1) is 13.2 Å². The number of nitrogen functional groups attached to an aromatic ring is 1. The lowest BCUT2D eigenvalue weighted by atomic mass is 10.1. The zero-order valence-electron chi connectivity index (χ0n) is 20.3. The summed E-state index contributed by atoms with van der Waals surface area (Å²) in [5, 5.41) is 10.6. The van der Waals surface area contributed by atoms with Crippen molar-refractivity contribution in [3.63, 3.8) is 0 Å². The highest BCUT2D eigenvalue weighted by atomic mass is 31.2. The fraction of sp³-hybridized carbons (Fsp3) is 0.381. The van der Waals surface area contributed by atoms with Crippen molar-refractivity contribution < 1.29 is 37.6 Å². The Morgan fingerprint density at radius 2 is 1.86 bits per heavy atom. The molecule has 0 radical (unpaired) electrons. The summed E-state index contributed by atoms with van der Waals surface area (Å²) < 4.78 is 31.0. The van der Waals surface area contributed by atoms with Crippen molar-refractivity contribution in [2.75, 3.05) is 24.7 Å². The molecule has 2 aromatic rings. The first kappa shape index (κ1) is 29.6. The number of nitrogens with two attached hydrogens (primary N) is 3. The maximum absolute atomic E-state index is 12.3. The summed E-state index contributed by atoms with van der Waals surface area (Å²) in [6.07, 6.45) is -0.573. The van der Waals surface area contributed by atoms with Crippen molar-refractivity contribution in [1.82, 2.24) is 4.98 Å². The summed E-state index contributed by atoms with van der Waals surface area (Å²) >= 11 is 0. The predicted octanol–water partition coefficient (Wildman–Crippen LogP) is 3.10. The van der Waals surface area contributed by atoms with Gasteiger partial charge in [-0.2, -0.15) is 0 Å². The number of phosphoric acid groups is 1. The van der Waals surface area contributed by atoms with E-state index in [1.807, 2.05) is 0 Å². The second-order valence-electron chi connectivity index (χ2n) is 7.45. The molecule has 37 heavy (non-hydrogen) atoms. The number of carbonyl (C=O) groups is 2. The fourth-order valence-electron chi connectivity index (χ4n) is 2.74. The molecule has 3 atom stereocenters. The van der Waals surface area contributed by atoms with Crippen LogP contribution in [0.4, 0.5) is 27.8 Å². The van der Waals surface area contributed by atoms with Gasteiger partial charge < -0.3 is 36.5 Å². The molecule has 8 N–H and O–H groups in total. The van der Waals surface area contributed by atoms with Crippen LogP contribution < -0.4 is 27.0 Å². The molecule has 202 valence electrons. The van der Waals surface area contributed by atoms with Crippen LogP contribution in [0, 0.1) is 0 Å². The average molecular weight is 539 g/mol. The quantitative estimate of drug-likeness (QED) is 0.0811. The van der Waals surface area contributed by atoms with Gasteiger partial charge in [-0.05, 0) is 50.6 Å². The van der Waals surface area contributed by atoms with E-state index in [4.69, 9.17) is 26.2 Å². The van der Waals surface area contributed by atoms with E-state index in [1.54, 1.807) is 6.07 Å². The molecule has 2 unspecified atom stereocenters. The van der Waals surface area contributed by atoms with Crippen molar-refractivity contribution in [1.29, 1.82) is 0 Å². The monoisotopic (exact) mass is 539 g/mol. The number of nitrogens with zero attached hydrogens (tertiary/aromatic N) is 3. The minimum atomic E-state index is -4.74. The Kier molecular flexibility index (Phi) is 11.4. The number of ether oxygens (including phenoxy) is 2. The molecule has 15 nitrogen and oxygen atoms in total. The molecular weight excluding hydrogens is 509 g/mol. The van der Waals surface area contributed by atoms with Crippen LogP contribution in [-0.4, -0.2) is 47.9 Å². The number of benzene rings is 1. The second kappa shape index (κ2) is 14.2. The summed E-state index contributed by atoms with van der Waals surface area (Å²) in [5.41, 5.74) is 17.5. The lowest BCUT2D eigenvalue weighted by Crippen LogP contribution is -2.35. The van der Waals surface area contributed by atoms with Gasteiger partial charge in [-0.15, -0.1) is 10.2 Å². The zero-order chi connectivity index (χ0) is 27.4. The van der Waals surface area contributed by atoms with E-state index in [1.165, 1.54) is 37.3 Å². The lowest BCUT2D eigenvalue weighted by molar-refractivity contribution is -0.117. The van der Waals surface area contributed by atoms with Crippen LogP contribution in [0.3, 0.4) is 0 Å². The molecule has 0 saturated heterocycles. The largest absolute Gasteiger partial charge is 0.530 e. The Morgan fingerprint density at radius 3 is 2.54 bits per heavy atom. The van der Waals surface area contributed by atoms with Crippen LogP contribution in [-0.2, 0) is 23.4 Å². The minimum Gasteiger partial charge on any atom is -0.438 e. The van der Waals surface area contributed by atoms with E-state index in [0.717, 1.165) is 20.0 Å². The number of hydrogen-bond donors (Lipinski definition) is 5. The van der Waals surface area contributed by atoms with Gasteiger partial charge in [0.25, 0.3) is 0 Å². The van der Waals surface area contributed by atoms with Crippen molar-refractivity contribution >= 4 is 42.9 Å². The van der Waals surface area contributed by atoms with E-state index < -0.39 is 32.2 Å². The fourth-order valence-corrected chi connectivity index (χ4v) is 3.61. The van der Waals surface area contributed by atoms with E-state index in [0.29, 0.717) is 13.0 Å². The third-order valence-electron chi connectivity index (χ3n) is 4.51. The standard InChI is InChI=1S/C21H30N7O8P/c1-13(34-21(30)33-2)35-37(31,32)36-17-9-4-3-8-15(17)27-28-16-10-11-18(25-19(16)24)26-20(29)14(23)7-5-6-12-22/h3-4,8-11,13-14H,5-7,12,22-23H2,1-2H3,(H,31,32)(H3,24,25,26,29)/t13?,14-/m0/s1. The number of aromatic nitrogens is 1. The van der Waals surface area contributed by atoms with Crippen molar-refractivity contribution in [2.45, 2.75) is 38.5 Å². The van der Waals surface area contributed by atoms with Gasteiger partial charge >= 0.3 is 14.0 Å². The minimum absolute atomic E-state index is 0.0402. The molecule has 0 aliphatic carbocycles. The first-order valence-corrected chi connectivity index (χ1v) is 12.5. The molecule has 1 amide bonds. The first-order valence-electron chi connectivity index (χ1n) is 11.0. The Balaban J connectivity index is 2.08. The number of pyridine rings is 1. The molecular formula is C21H30N7O8P. The van der Waals surface area contributed by atoms with Gasteiger partial charge in [0.2, 0.25) is 12.2 Å². The van der Waals surface area contributed by atoms with Crippen LogP contribution >= 0.6 is 7.82 Å². The number of carbonyl (C=O) groups excluding carboxylic acids is 2. The summed E-state index contributed by atoms with van der Waals surface area (Å²) in [5.74, 6) is -0.421. The molecule has 0 bridgehead atoms. The number of methoxy groups -OCH3 is 1. The molecule has 0 aliphatic heterocycles. The molecule has 1 aromatic heterocycles. The molecule has 0 fully saturated rings. The van der Waals surface area contributed by atoms with Crippen LogP contribution in [0.15, 0.2) is 46.6 Å². The number of anilines is 2. The van der Waals surface area contributed by atoms with Crippen LogP contribution in [0.2, 0.25) is 0 Å². The molecule has 16 heteroatoms. The average Bonchev–Trinajstić information content (AvgIpc) is 2.83. The number of amides is 1. The van der Waals surface area contributed by atoms with Gasteiger partial charge in [0.15, 0.2) is 11.6 Å². The highest BCUT2D eigenvalue weighted by molar-refractivity contribution is 7.47. The number of nitrogens with one attached hydrogen (secondary N) is 1. The molecule has 2 rings (SSSR count). The van der Waals surface area contributed by atoms with Gasteiger partial charge in [-0.1, -0.05) is 18.6 Å². The van der Waals surface area contributed by atoms with E-state index >= 15 is 0 Å². The Morgan fingerprint density at radius 1 is 1.16 bits per heavy atom. The van der Waals surface area contributed by atoms with Gasteiger partial charge in [0.1, 0.15) is 17.2 Å². The molecule has 1 heterocycles. The molecule has 0 saturated carbocycles. The smallest absolute Gasteiger partial charge is 0.438 e. The number of hydrogen-bond acceptors (Lipinski definition) is 13. The number of para-hydroxylation sites is 1. The predicted molar refractivity (Wildman–Crippen MR) is 133 cm³/mol. The SMILES string of the molecule is COC(=O)OC(C)OP(=O)(O)Oc1ccccc1N=Nc1ccc(NC(=O)[C@@H](N)CCCCN)nc1N. The first-order chi connectivity index (χ1) is 17.5. The highest BCUT2D eigenvalue weighted by Crippen LogP contribution is 2.48. The van der Waals surface area contributed by atoms with Crippen LogP contribution in [0.25, 0.3) is 0 Å². The Labute approximate surface area is 212 Å². The molecule has 0 spiro atoms. The van der Waals surface area contributed by atoms with Crippen molar-refractivity contribution in [3.05, 3.63) is 36.4 Å². The van der Waals surface area contributed by atoms with Gasteiger partial charge in [-0.3, -0.25) is 9.69 Å². The second-order valence-corrected chi connectivity index (χ2v) is 8.78. The van der Waals surface area contributed by atoms with Crippen LogP contribution in [0.5, 0.6) is 5.75 Å². The number of unbranched alkanes of at least 4 members (excludes halogenated alkanes) is 1.